The van der Waals surface area contributed by atoms with Gasteiger partial charge in [-0.05, 0) is 80.3 Å². The van der Waals surface area contributed by atoms with Crippen molar-refractivity contribution < 1.29 is 23.9 Å². The van der Waals surface area contributed by atoms with Gasteiger partial charge in [0, 0.05) is 47.9 Å². The largest absolute Gasteiger partial charge is 0.494 e. The molecule has 276 valence electrons. The molecule has 0 spiro atoms. The Morgan fingerprint density at radius 2 is 1.50 bits per heavy atom. The standard InChI is InChI=1S/C42H52N4O5S/c1-27(2)10-9-21-50-33-17-15-29(16-18-33)31-23-43-37(44-24-31)30-13-11-28(12-14-30)22-34(45-38(47)35-19-20-36(52-35)41(3,4)5)39(48)46-25-32(26-46)40(49)51-42(6,7)8/h11-20,23-24,27,32,34H,9-10,21-22,25-26H2,1-8H3,(H,45,47). The van der Waals surface area contributed by atoms with E-state index in [4.69, 9.17) is 9.47 Å². The lowest BCUT2D eigenvalue weighted by Gasteiger charge is -2.40. The summed E-state index contributed by atoms with van der Waals surface area (Å²) >= 11 is 1.43. The molecule has 0 bridgehead atoms. The second kappa shape index (κ2) is 16.4. The Hall–Kier alpha value is -4.57. The molecule has 52 heavy (non-hydrogen) atoms. The Morgan fingerprint density at radius 3 is 2.08 bits per heavy atom. The van der Waals surface area contributed by atoms with Crippen LogP contribution in [-0.4, -0.2) is 64.0 Å². The summed E-state index contributed by atoms with van der Waals surface area (Å²) in [6, 6.07) is 18.7. The number of aromatic nitrogens is 2. The van der Waals surface area contributed by atoms with Crippen molar-refractivity contribution in [3.05, 3.63) is 88.4 Å². The normalized spacial score (nSPS) is 14.1. The van der Waals surface area contributed by atoms with E-state index >= 15 is 0 Å². The number of hydrogen-bond donors (Lipinski definition) is 1. The molecule has 9 nitrogen and oxygen atoms in total. The van der Waals surface area contributed by atoms with Gasteiger partial charge in [0.25, 0.3) is 5.91 Å². The van der Waals surface area contributed by atoms with Crippen LogP contribution in [-0.2, 0) is 26.2 Å². The number of nitrogens with one attached hydrogen (secondary N) is 1. The molecule has 1 unspecified atom stereocenters. The summed E-state index contributed by atoms with van der Waals surface area (Å²) in [4.78, 5) is 52.3. The van der Waals surface area contributed by atoms with Gasteiger partial charge in [-0.15, -0.1) is 11.3 Å². The summed E-state index contributed by atoms with van der Waals surface area (Å²) in [6.07, 6.45) is 6.09. The zero-order chi connectivity index (χ0) is 37.6. The number of likely N-dealkylation sites (tertiary alicyclic amines) is 1. The van der Waals surface area contributed by atoms with Gasteiger partial charge in [-0.2, -0.15) is 0 Å². The molecule has 2 aromatic heterocycles. The highest BCUT2D eigenvalue weighted by Crippen LogP contribution is 2.30. The average Bonchev–Trinajstić information content (AvgIpc) is 3.57. The minimum absolute atomic E-state index is 0.0913. The molecule has 2 amide bonds. The van der Waals surface area contributed by atoms with Crippen LogP contribution in [0.2, 0.25) is 0 Å². The van der Waals surface area contributed by atoms with Crippen molar-refractivity contribution in [2.24, 2.45) is 11.8 Å². The second-order valence-corrected chi connectivity index (χ2v) is 17.1. The third-order valence-corrected chi connectivity index (χ3v) is 10.3. The highest BCUT2D eigenvalue weighted by molar-refractivity contribution is 7.14. The number of amides is 2. The molecule has 1 N–H and O–H groups in total. The minimum Gasteiger partial charge on any atom is -0.494 e. The zero-order valence-electron chi connectivity index (χ0n) is 31.7. The van der Waals surface area contributed by atoms with Crippen molar-refractivity contribution >= 4 is 29.1 Å². The van der Waals surface area contributed by atoms with Gasteiger partial charge in [-0.25, -0.2) is 9.97 Å². The van der Waals surface area contributed by atoms with E-state index < -0.39 is 11.6 Å². The van der Waals surface area contributed by atoms with Gasteiger partial charge < -0.3 is 19.7 Å². The lowest BCUT2D eigenvalue weighted by atomic mass is 9.95. The van der Waals surface area contributed by atoms with E-state index in [1.165, 1.54) is 11.3 Å². The van der Waals surface area contributed by atoms with Gasteiger partial charge in [0.2, 0.25) is 5.91 Å². The van der Waals surface area contributed by atoms with E-state index in [0.717, 1.165) is 45.7 Å². The van der Waals surface area contributed by atoms with Gasteiger partial charge in [-0.3, -0.25) is 14.4 Å². The topological polar surface area (TPSA) is 111 Å². The Morgan fingerprint density at radius 1 is 0.865 bits per heavy atom. The van der Waals surface area contributed by atoms with Crippen molar-refractivity contribution in [1.29, 1.82) is 0 Å². The number of carbonyl (C=O) groups excluding carboxylic acids is 3. The third kappa shape index (κ3) is 10.5. The lowest BCUT2D eigenvalue weighted by molar-refractivity contribution is -0.168. The first-order valence-electron chi connectivity index (χ1n) is 18.1. The van der Waals surface area contributed by atoms with Crippen LogP contribution in [0.25, 0.3) is 22.5 Å². The first-order valence-corrected chi connectivity index (χ1v) is 18.9. The summed E-state index contributed by atoms with van der Waals surface area (Å²) in [6.45, 7) is 17.5. The fourth-order valence-electron chi connectivity index (χ4n) is 5.78. The van der Waals surface area contributed by atoms with Crippen LogP contribution < -0.4 is 10.1 Å². The summed E-state index contributed by atoms with van der Waals surface area (Å²) < 4.78 is 11.4. The molecule has 2 aromatic carbocycles. The number of benzene rings is 2. The molecule has 1 aliphatic rings. The number of thiophene rings is 1. The van der Waals surface area contributed by atoms with E-state index in [-0.39, 0.29) is 48.6 Å². The minimum atomic E-state index is -0.814. The molecule has 1 fully saturated rings. The maximum Gasteiger partial charge on any atom is 0.313 e. The van der Waals surface area contributed by atoms with E-state index in [2.05, 4.69) is 49.9 Å². The number of rotatable bonds is 13. The van der Waals surface area contributed by atoms with Gasteiger partial charge in [0.05, 0.1) is 17.4 Å². The molecule has 5 rings (SSSR count). The highest BCUT2D eigenvalue weighted by atomic mass is 32.1. The fourth-order valence-corrected chi connectivity index (χ4v) is 6.75. The van der Waals surface area contributed by atoms with Crippen LogP contribution in [0.1, 0.15) is 88.3 Å². The first-order chi connectivity index (χ1) is 24.6. The maximum absolute atomic E-state index is 13.8. The summed E-state index contributed by atoms with van der Waals surface area (Å²) in [5, 5.41) is 3.00. The van der Waals surface area contributed by atoms with E-state index in [1.807, 2.05) is 93.8 Å². The molecule has 10 heteroatoms. The highest BCUT2D eigenvalue weighted by Gasteiger charge is 2.41. The molecule has 1 aliphatic heterocycles. The number of ether oxygens (including phenoxy) is 2. The van der Waals surface area contributed by atoms with Crippen LogP contribution in [0.4, 0.5) is 0 Å². The summed E-state index contributed by atoms with van der Waals surface area (Å²) in [5.41, 5.74) is 2.93. The maximum atomic E-state index is 13.8. The molecule has 1 atom stereocenters. The van der Waals surface area contributed by atoms with Crippen LogP contribution >= 0.6 is 11.3 Å². The Labute approximate surface area is 312 Å². The number of hydrogen-bond acceptors (Lipinski definition) is 8. The van der Waals surface area contributed by atoms with Crippen molar-refractivity contribution in [1.82, 2.24) is 20.2 Å². The van der Waals surface area contributed by atoms with Crippen molar-refractivity contribution in [3.63, 3.8) is 0 Å². The van der Waals surface area contributed by atoms with Crippen molar-refractivity contribution in [3.8, 4) is 28.3 Å². The first kappa shape index (κ1) is 38.7. The SMILES string of the molecule is CC(C)CCCOc1ccc(-c2cnc(-c3ccc(CC(NC(=O)c4ccc(C(C)(C)C)s4)C(=O)N4CC(C(=O)OC(C)(C)C)C4)cc3)nc2)cc1. The third-order valence-electron chi connectivity index (χ3n) is 8.79. The van der Waals surface area contributed by atoms with Gasteiger partial charge in [0.15, 0.2) is 5.82 Å². The van der Waals surface area contributed by atoms with Crippen molar-refractivity contribution in [2.45, 2.75) is 91.7 Å². The van der Waals surface area contributed by atoms with Gasteiger partial charge >= 0.3 is 5.97 Å². The van der Waals surface area contributed by atoms with E-state index in [1.54, 1.807) is 4.90 Å². The quantitative estimate of drug-likeness (QED) is 0.110. The van der Waals surface area contributed by atoms with Gasteiger partial charge in [0.1, 0.15) is 17.4 Å². The van der Waals surface area contributed by atoms with E-state index in [9.17, 15) is 14.4 Å². The Bertz CT molecular complexity index is 1810. The molecular formula is C42H52N4O5S. The zero-order valence-corrected chi connectivity index (χ0v) is 32.5. The van der Waals surface area contributed by atoms with Crippen LogP contribution in [0, 0.1) is 11.8 Å². The lowest BCUT2D eigenvalue weighted by Crippen LogP contribution is -2.59. The molecule has 1 saturated heterocycles. The summed E-state index contributed by atoms with van der Waals surface area (Å²) in [5.74, 6) is 0.895. The van der Waals surface area contributed by atoms with Crippen LogP contribution in [0.3, 0.4) is 0 Å². The second-order valence-electron chi connectivity index (χ2n) is 16.0. The van der Waals surface area contributed by atoms with Crippen LogP contribution in [0.5, 0.6) is 5.75 Å². The molecule has 0 radical (unpaired) electrons. The molecule has 4 aromatic rings. The fraction of sp³-hybridized carbons (Fsp3) is 0.452. The van der Waals surface area contributed by atoms with Gasteiger partial charge in [-0.1, -0.05) is 71.0 Å². The Balaban J connectivity index is 1.24. The monoisotopic (exact) mass is 724 g/mol. The van der Waals surface area contributed by atoms with Crippen molar-refractivity contribution in [2.75, 3.05) is 19.7 Å². The summed E-state index contributed by atoms with van der Waals surface area (Å²) in [7, 11) is 0. The average molecular weight is 725 g/mol. The molecule has 0 saturated carbocycles. The predicted octanol–water partition coefficient (Wildman–Crippen LogP) is 8.13. The molecule has 3 heterocycles. The Kier molecular flexibility index (Phi) is 12.2. The number of carbonyl (C=O) groups is 3. The number of nitrogens with zero attached hydrogens (tertiary/aromatic N) is 3. The van der Waals surface area contributed by atoms with Crippen LogP contribution in [0.15, 0.2) is 73.1 Å². The smallest absolute Gasteiger partial charge is 0.313 e. The molecule has 0 aliphatic carbocycles. The predicted molar refractivity (Wildman–Crippen MR) is 206 cm³/mol. The van der Waals surface area contributed by atoms with E-state index in [0.29, 0.717) is 23.2 Å². The number of esters is 1. The molecular weight excluding hydrogens is 673 g/mol.